The Morgan fingerprint density at radius 1 is 1.41 bits per heavy atom. The van der Waals surface area contributed by atoms with Crippen LogP contribution < -0.4 is 0 Å². The number of rotatable bonds is 3. The molecule has 0 fully saturated rings. The number of ketones is 1. The summed E-state index contributed by atoms with van der Waals surface area (Å²) < 4.78 is 0. The van der Waals surface area contributed by atoms with Crippen LogP contribution in [0.25, 0.3) is 6.08 Å². The molecule has 0 amide bonds. The third kappa shape index (κ3) is 2.69. The van der Waals surface area contributed by atoms with Crippen molar-refractivity contribution in [1.82, 2.24) is 9.97 Å². The van der Waals surface area contributed by atoms with Crippen molar-refractivity contribution in [2.45, 2.75) is 13.8 Å². The molecule has 2 aromatic rings. The lowest BCUT2D eigenvalue weighted by Crippen LogP contribution is -1.94. The largest absolute Gasteiger partial charge is 0.359 e. The van der Waals surface area contributed by atoms with Gasteiger partial charge in [0.2, 0.25) is 0 Å². The molecule has 0 aliphatic heterocycles. The molecule has 0 unspecified atom stereocenters. The van der Waals surface area contributed by atoms with Gasteiger partial charge in [0.15, 0.2) is 5.78 Å². The first-order chi connectivity index (χ1) is 8.16. The highest BCUT2D eigenvalue weighted by Crippen LogP contribution is 2.11. The number of aryl methyl sites for hydroxylation is 2. The Morgan fingerprint density at radius 2 is 2.24 bits per heavy atom. The molecule has 2 heterocycles. The number of carbonyl (C=O) groups is 1. The van der Waals surface area contributed by atoms with Crippen molar-refractivity contribution in [3.8, 4) is 0 Å². The number of allylic oxidation sites excluding steroid dienone is 1. The van der Waals surface area contributed by atoms with Crippen molar-refractivity contribution in [3.63, 3.8) is 0 Å². The molecule has 3 nitrogen and oxygen atoms in total. The summed E-state index contributed by atoms with van der Waals surface area (Å²) >= 11 is 0. The van der Waals surface area contributed by atoms with Crippen LogP contribution in [0.15, 0.2) is 36.7 Å². The molecule has 1 N–H and O–H groups in total. The van der Waals surface area contributed by atoms with Crippen molar-refractivity contribution < 1.29 is 4.79 Å². The molecule has 0 aromatic carbocycles. The van der Waals surface area contributed by atoms with Gasteiger partial charge >= 0.3 is 0 Å². The molecule has 0 atom stereocenters. The Bertz CT molecular complexity index is 553. The van der Waals surface area contributed by atoms with Gasteiger partial charge in [-0.05, 0) is 49.8 Å². The van der Waals surface area contributed by atoms with Crippen molar-refractivity contribution in [2.24, 2.45) is 0 Å². The minimum Gasteiger partial charge on any atom is -0.359 e. The molecule has 0 bridgehead atoms. The van der Waals surface area contributed by atoms with E-state index < -0.39 is 0 Å². The monoisotopic (exact) mass is 226 g/mol. The Labute approximate surface area is 100 Å². The fraction of sp³-hybridized carbons (Fsp3) is 0.143. The first kappa shape index (κ1) is 11.3. The lowest BCUT2D eigenvalue weighted by molar-refractivity contribution is 0.104. The van der Waals surface area contributed by atoms with E-state index in [1.54, 1.807) is 36.7 Å². The van der Waals surface area contributed by atoms with E-state index in [-0.39, 0.29) is 5.78 Å². The normalized spacial score (nSPS) is 10.9. The van der Waals surface area contributed by atoms with Gasteiger partial charge in [-0.3, -0.25) is 9.78 Å². The lowest BCUT2D eigenvalue weighted by Gasteiger charge is -1.94. The molecule has 0 spiro atoms. The second-order valence-corrected chi connectivity index (χ2v) is 3.99. The SMILES string of the molecule is Cc1cc(C)c(C=CC(=O)c2cccnc2)[nH]1. The van der Waals surface area contributed by atoms with Crippen LogP contribution in [-0.2, 0) is 0 Å². The molecule has 86 valence electrons. The summed E-state index contributed by atoms with van der Waals surface area (Å²) in [6, 6.07) is 5.56. The number of pyridine rings is 1. The minimum absolute atomic E-state index is 0.0373. The first-order valence-corrected chi connectivity index (χ1v) is 5.45. The van der Waals surface area contributed by atoms with E-state index in [0.29, 0.717) is 5.56 Å². The molecule has 0 aliphatic carbocycles. The lowest BCUT2D eigenvalue weighted by atomic mass is 10.1. The van der Waals surface area contributed by atoms with Crippen molar-refractivity contribution in [1.29, 1.82) is 0 Å². The van der Waals surface area contributed by atoms with Crippen LogP contribution in [0.1, 0.15) is 27.3 Å². The summed E-state index contributed by atoms with van der Waals surface area (Å²) in [6.45, 7) is 4.00. The van der Waals surface area contributed by atoms with E-state index in [2.05, 4.69) is 9.97 Å². The summed E-state index contributed by atoms with van der Waals surface area (Å²) in [7, 11) is 0. The predicted molar refractivity (Wildman–Crippen MR) is 67.9 cm³/mol. The van der Waals surface area contributed by atoms with Gasteiger partial charge in [0, 0.05) is 29.3 Å². The third-order valence-corrected chi connectivity index (χ3v) is 2.54. The van der Waals surface area contributed by atoms with Crippen LogP contribution >= 0.6 is 0 Å². The van der Waals surface area contributed by atoms with Crippen molar-refractivity contribution >= 4 is 11.9 Å². The van der Waals surface area contributed by atoms with E-state index in [4.69, 9.17) is 0 Å². The molecule has 17 heavy (non-hydrogen) atoms. The number of nitrogens with zero attached hydrogens (tertiary/aromatic N) is 1. The van der Waals surface area contributed by atoms with Crippen LogP contribution in [0.4, 0.5) is 0 Å². The molecule has 3 heteroatoms. The maximum absolute atomic E-state index is 11.8. The van der Waals surface area contributed by atoms with E-state index in [0.717, 1.165) is 17.0 Å². The summed E-state index contributed by atoms with van der Waals surface area (Å²) in [5.41, 5.74) is 3.80. The van der Waals surface area contributed by atoms with Crippen LogP contribution in [0.3, 0.4) is 0 Å². The second kappa shape index (κ2) is 4.78. The maximum atomic E-state index is 11.8. The zero-order chi connectivity index (χ0) is 12.3. The molecular formula is C14H14N2O. The smallest absolute Gasteiger partial charge is 0.187 e. The summed E-state index contributed by atoms with van der Waals surface area (Å²) in [5.74, 6) is -0.0373. The number of hydrogen-bond acceptors (Lipinski definition) is 2. The quantitative estimate of drug-likeness (QED) is 0.646. The Hall–Kier alpha value is -2.16. The fourth-order valence-electron chi connectivity index (χ4n) is 1.69. The molecular weight excluding hydrogens is 212 g/mol. The number of nitrogens with one attached hydrogen (secondary N) is 1. The van der Waals surface area contributed by atoms with Crippen LogP contribution in [0.5, 0.6) is 0 Å². The zero-order valence-corrected chi connectivity index (χ0v) is 9.90. The maximum Gasteiger partial charge on any atom is 0.187 e. The molecule has 2 rings (SSSR count). The molecule has 0 saturated heterocycles. The van der Waals surface area contributed by atoms with Gasteiger partial charge in [0.1, 0.15) is 0 Å². The van der Waals surface area contributed by atoms with E-state index in [9.17, 15) is 4.79 Å². The number of hydrogen-bond donors (Lipinski definition) is 1. The Balaban J connectivity index is 2.17. The average molecular weight is 226 g/mol. The summed E-state index contributed by atoms with van der Waals surface area (Å²) in [5, 5.41) is 0. The number of aromatic amines is 1. The standard InChI is InChI=1S/C14H14N2O/c1-10-8-11(2)16-13(10)5-6-14(17)12-4-3-7-15-9-12/h3-9,16H,1-2H3. The Morgan fingerprint density at radius 3 is 2.82 bits per heavy atom. The highest BCUT2D eigenvalue weighted by atomic mass is 16.1. The molecule has 2 aromatic heterocycles. The van der Waals surface area contributed by atoms with Gasteiger partial charge in [-0.1, -0.05) is 0 Å². The number of carbonyl (C=O) groups excluding carboxylic acids is 1. The highest BCUT2D eigenvalue weighted by molar-refractivity contribution is 6.06. The van der Waals surface area contributed by atoms with Gasteiger partial charge in [-0.15, -0.1) is 0 Å². The van der Waals surface area contributed by atoms with Crippen LogP contribution in [0, 0.1) is 13.8 Å². The average Bonchev–Trinajstić information content (AvgIpc) is 2.66. The van der Waals surface area contributed by atoms with Gasteiger partial charge in [0.05, 0.1) is 0 Å². The molecule has 0 radical (unpaired) electrons. The van der Waals surface area contributed by atoms with Crippen LogP contribution in [0.2, 0.25) is 0 Å². The van der Waals surface area contributed by atoms with Gasteiger partial charge in [-0.25, -0.2) is 0 Å². The summed E-state index contributed by atoms with van der Waals surface area (Å²) in [6.07, 6.45) is 6.59. The molecule has 0 aliphatic rings. The number of aromatic nitrogens is 2. The first-order valence-electron chi connectivity index (χ1n) is 5.45. The van der Waals surface area contributed by atoms with E-state index >= 15 is 0 Å². The van der Waals surface area contributed by atoms with Crippen LogP contribution in [-0.4, -0.2) is 15.8 Å². The second-order valence-electron chi connectivity index (χ2n) is 3.99. The third-order valence-electron chi connectivity index (χ3n) is 2.54. The number of H-pyrrole nitrogens is 1. The van der Waals surface area contributed by atoms with E-state index in [1.165, 1.54) is 0 Å². The van der Waals surface area contributed by atoms with Gasteiger partial charge in [-0.2, -0.15) is 0 Å². The minimum atomic E-state index is -0.0373. The zero-order valence-electron chi connectivity index (χ0n) is 9.90. The topological polar surface area (TPSA) is 45.8 Å². The van der Waals surface area contributed by atoms with E-state index in [1.807, 2.05) is 19.9 Å². The summed E-state index contributed by atoms with van der Waals surface area (Å²) in [4.78, 5) is 18.9. The van der Waals surface area contributed by atoms with Crippen molar-refractivity contribution in [2.75, 3.05) is 0 Å². The van der Waals surface area contributed by atoms with Crippen molar-refractivity contribution in [3.05, 3.63) is 59.2 Å². The highest BCUT2D eigenvalue weighted by Gasteiger charge is 2.02. The van der Waals surface area contributed by atoms with Gasteiger partial charge < -0.3 is 4.98 Å². The van der Waals surface area contributed by atoms with Gasteiger partial charge in [0.25, 0.3) is 0 Å². The fourth-order valence-corrected chi connectivity index (χ4v) is 1.69. The Kier molecular flexibility index (Phi) is 3.19. The molecule has 0 saturated carbocycles. The predicted octanol–water partition coefficient (Wildman–Crippen LogP) is 2.92.